The number of hydrogen-bond donors (Lipinski definition) is 6. The number of allylic oxidation sites excluding steroid dienone is 10. The van der Waals surface area contributed by atoms with Crippen LogP contribution in [0.2, 0.25) is 0 Å². The molecular formula is C44H22F8N4O4. The largest absolute Gasteiger partial charge is 0.503 e. The number of benzene rings is 2. The van der Waals surface area contributed by atoms with E-state index < -0.39 is 69.6 Å². The molecule has 2 aromatic carbocycles. The quantitative estimate of drug-likeness (QED) is 0.0987. The van der Waals surface area contributed by atoms with Gasteiger partial charge in [-0.15, -0.1) is 0 Å². The zero-order valence-electron chi connectivity index (χ0n) is 30.0. The zero-order valence-corrected chi connectivity index (χ0v) is 30.0. The molecule has 0 spiro atoms. The number of H-pyrrole nitrogens is 4. The number of carbonyl (C=O) groups excluding carboxylic acids is 2. The standard InChI is InChI=1S/C44H22F8N4O4/c45-21-9-17(10-22(46)41(21)57)37-29-1-2-30(53-29)38(18-11-23(47)42(58)24(48)12-18)32-5-6-34(55-32)40(20-15-27(51)44(60)28(52)16-20)36-8-7-35(56-36)39(33-4-3-31(37)54-33)19-13-25(49)43(59)26(50)14-19/h1-16,53-58H/b37-29-,38-30-. The number of fused-ring (bicyclic) bond motifs is 8. The van der Waals surface area contributed by atoms with E-state index in [-0.39, 0.29) is 89.4 Å². The van der Waals surface area contributed by atoms with E-state index in [1.165, 1.54) is 48.5 Å². The third kappa shape index (κ3) is 6.16. The lowest BCUT2D eigenvalue weighted by atomic mass is 9.97. The summed E-state index contributed by atoms with van der Waals surface area (Å²) in [6.07, 6.45) is 3.16. The summed E-state index contributed by atoms with van der Waals surface area (Å²) in [6, 6.07) is 15.1. The van der Waals surface area contributed by atoms with Crippen LogP contribution in [0.1, 0.15) is 45.3 Å². The van der Waals surface area contributed by atoms with Crippen LogP contribution < -0.4 is 10.7 Å². The van der Waals surface area contributed by atoms with Crippen molar-refractivity contribution >= 4 is 33.9 Å². The van der Waals surface area contributed by atoms with Crippen molar-refractivity contribution in [2.24, 2.45) is 0 Å². The van der Waals surface area contributed by atoms with Crippen LogP contribution in [0, 0.1) is 23.3 Å². The van der Waals surface area contributed by atoms with Crippen molar-refractivity contribution in [2.45, 2.75) is 0 Å². The van der Waals surface area contributed by atoms with Gasteiger partial charge in [0.05, 0.1) is 0 Å². The Kier molecular flexibility index (Phi) is 8.73. The Morgan fingerprint density at radius 1 is 0.367 bits per heavy atom. The van der Waals surface area contributed by atoms with Crippen LogP contribution in [0.4, 0.5) is 35.1 Å². The Labute approximate surface area is 330 Å². The number of nitrogens with one attached hydrogen (secondary N) is 4. The summed E-state index contributed by atoms with van der Waals surface area (Å²) in [5.41, 5.74) is 0.327. The Morgan fingerprint density at radius 2 is 0.633 bits per heavy atom. The number of Topliss-reactive ketones (excluding diaryl/α,β-unsaturated/α-hetero) is 2. The van der Waals surface area contributed by atoms with Crippen molar-refractivity contribution in [3.05, 3.63) is 211 Å². The molecule has 9 rings (SSSR count). The number of rotatable bonds is 2. The van der Waals surface area contributed by atoms with E-state index >= 15 is 17.6 Å². The maximum Gasteiger partial charge on any atom is 0.249 e. The number of aromatic nitrogens is 4. The minimum atomic E-state index is -1.50. The number of carbonyl (C=O) groups is 2. The molecule has 60 heavy (non-hydrogen) atoms. The van der Waals surface area contributed by atoms with Gasteiger partial charge >= 0.3 is 0 Å². The van der Waals surface area contributed by atoms with Crippen LogP contribution in [0.3, 0.4) is 0 Å². The number of ketones is 2. The third-order valence-corrected chi connectivity index (χ3v) is 10.1. The average molecular weight is 823 g/mol. The minimum Gasteiger partial charge on any atom is -0.503 e. The van der Waals surface area contributed by atoms with Gasteiger partial charge in [-0.3, -0.25) is 9.59 Å². The maximum absolute atomic E-state index is 15.0. The zero-order chi connectivity index (χ0) is 42.3. The molecule has 0 saturated heterocycles. The highest BCUT2D eigenvalue weighted by Gasteiger charge is 2.28. The molecule has 5 heterocycles. The molecule has 8 bridgehead atoms. The molecule has 0 saturated carbocycles. The summed E-state index contributed by atoms with van der Waals surface area (Å²) in [6.45, 7) is 0. The molecule has 0 atom stereocenters. The SMILES string of the molecule is O=C1C(F)=CC(=C2c3ccc([nH]3)C(=C3C=C(F)C(=O)C(F)=C3)c3ccc([nH]3)/C(c3cc(F)c(O)c(F)c3)=c3/cc/c([nH]3)=C(\c3cc(F)c(O)c(F)c3)c3ccc2[nH]3)C=C1F. The molecule has 16 heteroatoms. The Balaban J connectivity index is 1.45. The summed E-state index contributed by atoms with van der Waals surface area (Å²) in [4.78, 5) is 36.7. The predicted octanol–water partition coefficient (Wildman–Crippen LogP) is 7.96. The second kappa shape index (κ2) is 13.9. The van der Waals surface area contributed by atoms with E-state index in [2.05, 4.69) is 19.9 Å². The second-order valence-corrected chi connectivity index (χ2v) is 13.8. The van der Waals surface area contributed by atoms with Crippen molar-refractivity contribution in [3.63, 3.8) is 0 Å². The van der Waals surface area contributed by atoms with Crippen LogP contribution in [0.25, 0.3) is 22.3 Å². The van der Waals surface area contributed by atoms with Gasteiger partial charge in [0.15, 0.2) is 58.1 Å². The first-order valence-corrected chi connectivity index (χ1v) is 17.6. The van der Waals surface area contributed by atoms with Gasteiger partial charge in [-0.2, -0.15) is 0 Å². The summed E-state index contributed by atoms with van der Waals surface area (Å²) >= 11 is 0. The highest BCUT2D eigenvalue weighted by molar-refractivity contribution is 6.09. The van der Waals surface area contributed by atoms with E-state index in [4.69, 9.17) is 0 Å². The molecule has 8 nitrogen and oxygen atoms in total. The van der Waals surface area contributed by atoms with Gasteiger partial charge in [-0.05, 0) is 119 Å². The van der Waals surface area contributed by atoms with Crippen LogP contribution in [-0.2, 0) is 9.59 Å². The number of hydrogen-bond acceptors (Lipinski definition) is 4. The Bertz CT molecular complexity index is 2950. The van der Waals surface area contributed by atoms with Crippen LogP contribution in [-0.4, -0.2) is 41.7 Å². The lowest BCUT2D eigenvalue weighted by molar-refractivity contribution is -0.115. The van der Waals surface area contributed by atoms with Gasteiger partial charge in [0.2, 0.25) is 11.6 Å². The molecule has 6 N–H and O–H groups in total. The van der Waals surface area contributed by atoms with Crippen LogP contribution in [0.5, 0.6) is 11.5 Å². The minimum absolute atomic E-state index is 0.0396. The van der Waals surface area contributed by atoms with E-state index in [1.807, 2.05) is 0 Å². The highest BCUT2D eigenvalue weighted by atomic mass is 19.2. The number of aromatic amines is 4. The first-order valence-electron chi connectivity index (χ1n) is 17.6. The highest BCUT2D eigenvalue weighted by Crippen LogP contribution is 2.38. The van der Waals surface area contributed by atoms with E-state index in [0.717, 1.165) is 48.6 Å². The van der Waals surface area contributed by atoms with Gasteiger partial charge < -0.3 is 30.1 Å². The molecule has 6 aromatic rings. The molecule has 1 aliphatic heterocycles. The maximum atomic E-state index is 15.0. The summed E-state index contributed by atoms with van der Waals surface area (Å²) in [5.74, 6) is -16.5. The number of phenolic OH excluding ortho intramolecular Hbond substituents is 2. The fourth-order valence-electron chi connectivity index (χ4n) is 7.40. The molecule has 0 amide bonds. The summed E-state index contributed by atoms with van der Waals surface area (Å²) in [7, 11) is 0. The molecule has 0 radical (unpaired) electrons. The van der Waals surface area contributed by atoms with Crippen molar-refractivity contribution < 1.29 is 54.9 Å². The molecule has 0 fully saturated rings. The molecular weight excluding hydrogens is 800 g/mol. The van der Waals surface area contributed by atoms with E-state index in [9.17, 15) is 37.4 Å². The van der Waals surface area contributed by atoms with Gasteiger partial charge in [0.1, 0.15) is 0 Å². The van der Waals surface area contributed by atoms with Crippen molar-refractivity contribution in [1.82, 2.24) is 19.9 Å². The van der Waals surface area contributed by atoms with Crippen molar-refractivity contribution in [1.29, 1.82) is 0 Å². The predicted molar refractivity (Wildman–Crippen MR) is 201 cm³/mol. The van der Waals surface area contributed by atoms with Gasteiger partial charge in [-0.25, -0.2) is 35.1 Å². The molecule has 4 aromatic heterocycles. The van der Waals surface area contributed by atoms with Crippen molar-refractivity contribution in [3.8, 4) is 11.5 Å². The molecule has 2 aliphatic carbocycles. The first-order chi connectivity index (χ1) is 28.7. The summed E-state index contributed by atoms with van der Waals surface area (Å²) < 4.78 is 120. The first kappa shape index (κ1) is 37.7. The van der Waals surface area contributed by atoms with Crippen molar-refractivity contribution in [2.75, 3.05) is 0 Å². The van der Waals surface area contributed by atoms with Gasteiger partial charge in [0.25, 0.3) is 0 Å². The van der Waals surface area contributed by atoms with Crippen LogP contribution >= 0.6 is 0 Å². The fraction of sp³-hybridized carbons (Fsp3) is 0. The molecule has 298 valence electrons. The summed E-state index contributed by atoms with van der Waals surface area (Å²) in [5, 5.41) is 20.2. The third-order valence-electron chi connectivity index (χ3n) is 10.1. The average Bonchev–Trinajstić information content (AvgIpc) is 4.05. The number of halogens is 8. The van der Waals surface area contributed by atoms with E-state index in [1.54, 1.807) is 0 Å². The molecule has 3 aliphatic rings. The smallest absolute Gasteiger partial charge is 0.249 e. The Hall–Kier alpha value is -7.88. The molecule has 0 unspecified atom stereocenters. The normalized spacial score (nSPS) is 17.5. The number of aromatic hydroxyl groups is 2. The second-order valence-electron chi connectivity index (χ2n) is 13.8. The number of phenols is 2. The lowest BCUT2D eigenvalue weighted by Crippen LogP contribution is -2.18. The lowest BCUT2D eigenvalue weighted by Gasteiger charge is -2.14. The fourth-order valence-corrected chi connectivity index (χ4v) is 7.40. The Morgan fingerprint density at radius 3 is 0.917 bits per heavy atom. The van der Waals surface area contributed by atoms with E-state index in [0.29, 0.717) is 0 Å². The van der Waals surface area contributed by atoms with Gasteiger partial charge in [0, 0.05) is 67.2 Å². The topological polar surface area (TPSA) is 138 Å². The van der Waals surface area contributed by atoms with Crippen LogP contribution in [0.15, 0.2) is 132 Å². The van der Waals surface area contributed by atoms with Gasteiger partial charge in [-0.1, -0.05) is 0 Å². The monoisotopic (exact) mass is 822 g/mol.